The van der Waals surface area contributed by atoms with E-state index in [-0.39, 0.29) is 12.4 Å². The molecular formula is C31H28BrFN4O3S. The highest BCUT2D eigenvalue weighted by atomic mass is 79.9. The Labute approximate surface area is 250 Å². The van der Waals surface area contributed by atoms with Crippen molar-refractivity contribution in [3.8, 4) is 11.8 Å². The standard InChI is InChI=1S/C31H28BrFN4O3S/c32-26-18-23(33)9-11-24(26)28-25(10-8-21-6-7-21)27(19-36-13-15-39-16-14-36)37(29(35-28)30-34-12-17-41-30)31(38)40-20-22-4-2-1-3-5-22/h1-5,9,11-12,17-18,21,28H,6-7,13-16,19-20H2. The van der Waals surface area contributed by atoms with Gasteiger partial charge in [-0.25, -0.2) is 19.1 Å². The van der Waals surface area contributed by atoms with Gasteiger partial charge in [0.25, 0.3) is 0 Å². The molecule has 41 heavy (non-hydrogen) atoms. The first kappa shape index (κ1) is 27.8. The predicted octanol–water partition coefficient (Wildman–Crippen LogP) is 6.18. The van der Waals surface area contributed by atoms with Crippen LogP contribution >= 0.6 is 27.3 Å². The van der Waals surface area contributed by atoms with Crippen LogP contribution in [0.1, 0.15) is 35.0 Å². The highest BCUT2D eigenvalue weighted by molar-refractivity contribution is 9.10. The van der Waals surface area contributed by atoms with Gasteiger partial charge in [-0.3, -0.25) is 9.89 Å². The van der Waals surface area contributed by atoms with Crippen molar-refractivity contribution in [1.29, 1.82) is 0 Å². The maximum Gasteiger partial charge on any atom is 0.420 e. The topological polar surface area (TPSA) is 67.3 Å². The van der Waals surface area contributed by atoms with E-state index in [1.54, 1.807) is 17.2 Å². The fraction of sp³-hybridized carbons (Fsp3) is 0.323. The molecule has 6 rings (SSSR count). The highest BCUT2D eigenvalue weighted by Crippen LogP contribution is 2.40. The molecule has 2 fully saturated rings. The maximum absolute atomic E-state index is 14.2. The lowest BCUT2D eigenvalue weighted by Gasteiger charge is -2.36. The minimum Gasteiger partial charge on any atom is -0.444 e. The fourth-order valence-corrected chi connectivity index (χ4v) is 5.93. The van der Waals surface area contributed by atoms with Gasteiger partial charge in [-0.2, -0.15) is 0 Å². The van der Waals surface area contributed by atoms with Crippen LogP contribution in [-0.2, 0) is 16.1 Å². The first-order valence-corrected chi connectivity index (χ1v) is 15.2. The fourth-order valence-electron chi connectivity index (χ4n) is 4.74. The van der Waals surface area contributed by atoms with E-state index in [9.17, 15) is 9.18 Å². The number of carbonyl (C=O) groups excluding carboxylic acids is 1. The lowest BCUT2D eigenvalue weighted by Crippen LogP contribution is -2.46. The summed E-state index contributed by atoms with van der Waals surface area (Å²) in [7, 11) is 0. The third-order valence-corrected chi connectivity index (χ3v) is 8.51. The number of hydrogen-bond acceptors (Lipinski definition) is 7. The number of aromatic nitrogens is 1. The molecule has 1 unspecified atom stereocenters. The Morgan fingerprint density at radius 2 is 1.98 bits per heavy atom. The zero-order valence-corrected chi connectivity index (χ0v) is 24.7. The molecule has 1 aliphatic carbocycles. The number of aliphatic imine (C=N–C) groups is 1. The van der Waals surface area contributed by atoms with Crippen molar-refractivity contribution < 1.29 is 18.7 Å². The largest absolute Gasteiger partial charge is 0.444 e. The summed E-state index contributed by atoms with van der Waals surface area (Å²) in [5.74, 6) is 7.17. The Morgan fingerprint density at radius 1 is 1.17 bits per heavy atom. The molecule has 1 amide bonds. The molecular weight excluding hydrogens is 607 g/mol. The summed E-state index contributed by atoms with van der Waals surface area (Å²) in [4.78, 5) is 27.4. The second-order valence-corrected chi connectivity index (χ2v) is 11.8. The van der Waals surface area contributed by atoms with Gasteiger partial charge in [-0.1, -0.05) is 64.2 Å². The summed E-state index contributed by atoms with van der Waals surface area (Å²) < 4.78 is 26.2. The van der Waals surface area contributed by atoms with Crippen molar-refractivity contribution in [2.75, 3.05) is 32.8 Å². The Kier molecular flexibility index (Phi) is 8.58. The number of hydrogen-bond donors (Lipinski definition) is 0. The average Bonchev–Trinajstić information content (AvgIpc) is 3.66. The second-order valence-electron chi connectivity index (χ2n) is 10.0. The van der Waals surface area contributed by atoms with E-state index < -0.39 is 12.1 Å². The minimum atomic E-state index is -0.565. The van der Waals surface area contributed by atoms with Gasteiger partial charge in [0.2, 0.25) is 0 Å². The van der Waals surface area contributed by atoms with Gasteiger partial charge in [0.05, 0.1) is 24.5 Å². The van der Waals surface area contributed by atoms with Crippen LogP contribution in [0.2, 0.25) is 0 Å². The number of benzene rings is 2. The van der Waals surface area contributed by atoms with Crippen LogP contribution in [0.3, 0.4) is 0 Å². The number of ether oxygens (including phenoxy) is 2. The van der Waals surface area contributed by atoms with Crippen molar-refractivity contribution in [3.63, 3.8) is 0 Å². The number of amides is 1. The van der Waals surface area contributed by atoms with Gasteiger partial charge in [0, 0.05) is 41.6 Å². The van der Waals surface area contributed by atoms with E-state index >= 15 is 0 Å². The Morgan fingerprint density at radius 3 is 2.68 bits per heavy atom. The van der Waals surface area contributed by atoms with E-state index in [0.717, 1.165) is 24.0 Å². The van der Waals surface area contributed by atoms with Crippen LogP contribution in [-0.4, -0.2) is 59.6 Å². The monoisotopic (exact) mass is 634 g/mol. The van der Waals surface area contributed by atoms with Gasteiger partial charge in [-0.05, 0) is 36.1 Å². The van der Waals surface area contributed by atoms with Gasteiger partial charge in [0.15, 0.2) is 10.8 Å². The van der Waals surface area contributed by atoms with Crippen molar-refractivity contribution in [1.82, 2.24) is 14.8 Å². The molecule has 10 heteroatoms. The molecule has 0 bridgehead atoms. The molecule has 3 heterocycles. The second kappa shape index (κ2) is 12.7. The average molecular weight is 636 g/mol. The summed E-state index contributed by atoms with van der Waals surface area (Å²) in [5.41, 5.74) is 3.04. The Balaban J connectivity index is 1.49. The first-order chi connectivity index (χ1) is 20.1. The molecule has 1 saturated heterocycles. The SMILES string of the molecule is O=C(OCc1ccccc1)N1C(c2nccs2)=NC(c2ccc(F)cc2Br)C(C#CC2CC2)=C1CN1CCOCC1. The number of amidine groups is 1. The third kappa shape index (κ3) is 6.60. The Hall–Kier alpha value is -3.36. The zero-order valence-electron chi connectivity index (χ0n) is 22.3. The zero-order chi connectivity index (χ0) is 28.2. The maximum atomic E-state index is 14.2. The molecule has 1 aromatic heterocycles. The summed E-state index contributed by atoms with van der Waals surface area (Å²) >= 11 is 4.95. The molecule has 0 spiro atoms. The van der Waals surface area contributed by atoms with E-state index in [1.807, 2.05) is 35.7 Å². The molecule has 2 aliphatic heterocycles. The number of morpholine rings is 1. The van der Waals surface area contributed by atoms with E-state index in [1.165, 1.54) is 23.5 Å². The summed E-state index contributed by atoms with van der Waals surface area (Å²) in [6, 6.07) is 13.6. The number of rotatable bonds is 6. The van der Waals surface area contributed by atoms with Gasteiger partial charge >= 0.3 is 6.09 Å². The highest BCUT2D eigenvalue weighted by Gasteiger charge is 2.38. The number of nitrogens with zero attached hydrogens (tertiary/aromatic N) is 4. The van der Waals surface area contributed by atoms with Crippen molar-refractivity contribution in [2.24, 2.45) is 10.9 Å². The molecule has 1 saturated carbocycles. The van der Waals surface area contributed by atoms with Crippen molar-refractivity contribution >= 4 is 39.2 Å². The molecule has 0 N–H and O–H groups in total. The van der Waals surface area contributed by atoms with Crippen LogP contribution in [0, 0.1) is 23.6 Å². The van der Waals surface area contributed by atoms with Crippen LogP contribution in [0.15, 0.2) is 80.8 Å². The lowest BCUT2D eigenvalue weighted by atomic mass is 9.94. The van der Waals surface area contributed by atoms with Gasteiger partial charge in [0.1, 0.15) is 18.5 Å². The van der Waals surface area contributed by atoms with Crippen LogP contribution in [0.5, 0.6) is 0 Å². The molecule has 0 radical (unpaired) electrons. The minimum absolute atomic E-state index is 0.113. The third-order valence-electron chi connectivity index (χ3n) is 7.05. The summed E-state index contributed by atoms with van der Waals surface area (Å²) in [5, 5.41) is 2.43. The number of halogens is 2. The number of carbonyl (C=O) groups is 1. The van der Waals surface area contributed by atoms with Crippen LogP contribution in [0.25, 0.3) is 0 Å². The quantitative estimate of drug-likeness (QED) is 0.303. The summed E-state index contributed by atoms with van der Waals surface area (Å²) in [6.07, 6.45) is 3.25. The lowest BCUT2D eigenvalue weighted by molar-refractivity contribution is 0.0396. The van der Waals surface area contributed by atoms with Gasteiger partial charge in [-0.15, -0.1) is 11.3 Å². The van der Waals surface area contributed by atoms with E-state index in [4.69, 9.17) is 14.5 Å². The number of thiazole rings is 1. The first-order valence-electron chi connectivity index (χ1n) is 13.5. The smallest absolute Gasteiger partial charge is 0.420 e. The van der Waals surface area contributed by atoms with E-state index in [2.05, 4.69) is 37.7 Å². The predicted molar refractivity (Wildman–Crippen MR) is 159 cm³/mol. The van der Waals surface area contributed by atoms with E-state index in [0.29, 0.717) is 65.4 Å². The molecule has 210 valence electrons. The molecule has 1 atom stereocenters. The van der Waals surface area contributed by atoms with Crippen molar-refractivity contribution in [2.45, 2.75) is 25.5 Å². The van der Waals surface area contributed by atoms with Gasteiger partial charge < -0.3 is 9.47 Å². The normalized spacial score (nSPS) is 19.4. The van der Waals surface area contributed by atoms with Crippen LogP contribution < -0.4 is 0 Å². The van der Waals surface area contributed by atoms with Crippen molar-refractivity contribution in [3.05, 3.63) is 97.8 Å². The van der Waals surface area contributed by atoms with Crippen LogP contribution in [0.4, 0.5) is 9.18 Å². The molecule has 3 aliphatic rings. The summed E-state index contributed by atoms with van der Waals surface area (Å²) in [6.45, 7) is 3.20. The molecule has 7 nitrogen and oxygen atoms in total. The molecule has 2 aromatic carbocycles. The molecule has 3 aromatic rings. The Bertz CT molecular complexity index is 1520.